The molecular formula is C14H20N2O4S. The Morgan fingerprint density at radius 1 is 1.52 bits per heavy atom. The fourth-order valence-corrected chi connectivity index (χ4v) is 3.62. The average Bonchev–Trinajstić information content (AvgIpc) is 2.93. The van der Waals surface area contributed by atoms with Crippen LogP contribution in [0.1, 0.15) is 31.7 Å². The lowest BCUT2D eigenvalue weighted by Gasteiger charge is -2.06. The highest BCUT2D eigenvalue weighted by molar-refractivity contribution is 7.94. The van der Waals surface area contributed by atoms with Gasteiger partial charge in [-0.1, -0.05) is 25.1 Å². The van der Waals surface area contributed by atoms with Crippen molar-refractivity contribution in [2.45, 2.75) is 33.2 Å². The van der Waals surface area contributed by atoms with E-state index in [-0.39, 0.29) is 30.5 Å². The summed E-state index contributed by atoms with van der Waals surface area (Å²) >= 11 is 0. The fraction of sp³-hybridized carbons (Fsp3) is 0.571. The van der Waals surface area contributed by atoms with Gasteiger partial charge in [0.15, 0.2) is 15.6 Å². The Morgan fingerprint density at radius 3 is 2.90 bits per heavy atom. The number of sulfone groups is 1. The van der Waals surface area contributed by atoms with Crippen molar-refractivity contribution in [3.63, 3.8) is 0 Å². The number of hydrogen-bond acceptors (Lipinski definition) is 5. The molecule has 0 aromatic carbocycles. The second-order valence-electron chi connectivity index (χ2n) is 5.78. The molecular weight excluding hydrogens is 292 g/mol. The lowest BCUT2D eigenvalue weighted by atomic mass is 10.1. The van der Waals surface area contributed by atoms with E-state index in [1.165, 1.54) is 5.41 Å². The molecule has 21 heavy (non-hydrogen) atoms. The van der Waals surface area contributed by atoms with E-state index in [2.05, 4.69) is 24.3 Å². The molecule has 1 N–H and O–H groups in total. The average molecular weight is 312 g/mol. The standard InChI is InChI=1S/C14H20N2O4S/c1-10(2)5-12-7-13(20-16-12)8-15-14(17)6-11-3-4-21(18,19)9-11/h3-4,7,10-11H,5-6,8-9H2,1-2H3,(H,15,17)/t11-/m1/s1. The number of nitrogens with zero attached hydrogens (tertiary/aromatic N) is 1. The van der Waals surface area contributed by atoms with Gasteiger partial charge in [-0.15, -0.1) is 0 Å². The molecule has 1 amide bonds. The molecule has 116 valence electrons. The highest BCUT2D eigenvalue weighted by Crippen LogP contribution is 2.18. The maximum absolute atomic E-state index is 11.8. The number of amides is 1. The van der Waals surface area contributed by atoms with E-state index in [0.29, 0.717) is 11.7 Å². The molecule has 0 radical (unpaired) electrons. The van der Waals surface area contributed by atoms with Crippen LogP contribution in [0.2, 0.25) is 0 Å². The van der Waals surface area contributed by atoms with E-state index < -0.39 is 9.84 Å². The summed E-state index contributed by atoms with van der Waals surface area (Å²) < 4.78 is 27.6. The summed E-state index contributed by atoms with van der Waals surface area (Å²) in [5.41, 5.74) is 0.874. The van der Waals surface area contributed by atoms with Crippen molar-refractivity contribution in [1.29, 1.82) is 0 Å². The van der Waals surface area contributed by atoms with Crippen molar-refractivity contribution >= 4 is 15.7 Å². The Morgan fingerprint density at radius 2 is 2.29 bits per heavy atom. The predicted octanol–water partition coefficient (Wildman–Crippen LogP) is 1.44. The van der Waals surface area contributed by atoms with Crippen molar-refractivity contribution in [2.75, 3.05) is 5.75 Å². The van der Waals surface area contributed by atoms with Crippen LogP contribution in [0, 0.1) is 11.8 Å². The normalized spacial score (nSPS) is 20.0. The zero-order valence-corrected chi connectivity index (χ0v) is 13.0. The van der Waals surface area contributed by atoms with Crippen molar-refractivity contribution in [3.05, 3.63) is 29.0 Å². The molecule has 1 atom stereocenters. The van der Waals surface area contributed by atoms with Crippen LogP contribution in [-0.4, -0.2) is 25.2 Å². The summed E-state index contributed by atoms with van der Waals surface area (Å²) in [4.78, 5) is 11.8. The third kappa shape index (κ3) is 5.00. The van der Waals surface area contributed by atoms with Crippen LogP contribution < -0.4 is 5.32 Å². The fourth-order valence-electron chi connectivity index (χ4n) is 2.22. The molecule has 0 spiro atoms. The van der Waals surface area contributed by atoms with Gasteiger partial charge in [0.25, 0.3) is 0 Å². The molecule has 1 aliphatic rings. The van der Waals surface area contributed by atoms with Gasteiger partial charge >= 0.3 is 0 Å². The van der Waals surface area contributed by atoms with E-state index in [1.54, 1.807) is 6.08 Å². The molecule has 1 aromatic rings. The molecule has 1 aromatic heterocycles. The molecule has 0 aliphatic carbocycles. The van der Waals surface area contributed by atoms with Crippen molar-refractivity contribution in [1.82, 2.24) is 10.5 Å². The predicted molar refractivity (Wildman–Crippen MR) is 77.9 cm³/mol. The van der Waals surface area contributed by atoms with Crippen LogP contribution >= 0.6 is 0 Å². The Hall–Kier alpha value is -1.63. The Bertz CT molecular complexity index is 631. The Balaban J connectivity index is 1.77. The van der Waals surface area contributed by atoms with Gasteiger partial charge in [0.2, 0.25) is 5.91 Å². The molecule has 0 bridgehead atoms. The second kappa shape index (κ2) is 6.43. The molecule has 2 heterocycles. The summed E-state index contributed by atoms with van der Waals surface area (Å²) in [6.45, 7) is 4.46. The van der Waals surface area contributed by atoms with Gasteiger partial charge in [-0.25, -0.2) is 8.42 Å². The minimum atomic E-state index is -3.11. The summed E-state index contributed by atoms with van der Waals surface area (Å²) in [7, 11) is -3.11. The largest absolute Gasteiger partial charge is 0.359 e. The van der Waals surface area contributed by atoms with E-state index >= 15 is 0 Å². The summed E-state index contributed by atoms with van der Waals surface area (Å²) in [5.74, 6) is 0.688. The van der Waals surface area contributed by atoms with E-state index in [0.717, 1.165) is 12.1 Å². The third-order valence-corrected chi connectivity index (χ3v) is 4.60. The Labute approximate surface area is 124 Å². The number of nitrogens with one attached hydrogen (secondary N) is 1. The molecule has 0 saturated heterocycles. The van der Waals surface area contributed by atoms with Crippen LogP contribution in [0.3, 0.4) is 0 Å². The highest BCUT2D eigenvalue weighted by atomic mass is 32.2. The lowest BCUT2D eigenvalue weighted by molar-refractivity contribution is -0.121. The molecule has 2 rings (SSSR count). The van der Waals surface area contributed by atoms with E-state index in [4.69, 9.17) is 4.52 Å². The first-order valence-electron chi connectivity index (χ1n) is 6.96. The molecule has 6 nitrogen and oxygen atoms in total. The minimum absolute atomic E-state index is 0.0151. The summed E-state index contributed by atoms with van der Waals surface area (Å²) in [5, 5.41) is 7.84. The number of aromatic nitrogens is 1. The second-order valence-corrected chi connectivity index (χ2v) is 7.71. The quantitative estimate of drug-likeness (QED) is 0.858. The zero-order chi connectivity index (χ0) is 15.5. The maximum atomic E-state index is 11.8. The minimum Gasteiger partial charge on any atom is -0.359 e. The third-order valence-electron chi connectivity index (χ3n) is 3.14. The van der Waals surface area contributed by atoms with E-state index in [9.17, 15) is 13.2 Å². The van der Waals surface area contributed by atoms with Crippen LogP contribution in [0.15, 0.2) is 22.1 Å². The molecule has 1 aliphatic heterocycles. The van der Waals surface area contributed by atoms with Gasteiger partial charge in [0.1, 0.15) is 0 Å². The first-order valence-corrected chi connectivity index (χ1v) is 8.68. The van der Waals surface area contributed by atoms with Crippen LogP contribution in [0.4, 0.5) is 0 Å². The number of hydrogen-bond donors (Lipinski definition) is 1. The summed E-state index contributed by atoms with van der Waals surface area (Å²) in [6, 6.07) is 1.83. The van der Waals surface area contributed by atoms with Gasteiger partial charge < -0.3 is 9.84 Å². The van der Waals surface area contributed by atoms with Crippen molar-refractivity contribution in [2.24, 2.45) is 11.8 Å². The zero-order valence-electron chi connectivity index (χ0n) is 12.2. The molecule has 0 unspecified atom stereocenters. The van der Waals surface area contributed by atoms with Gasteiger partial charge in [-0.3, -0.25) is 4.79 Å². The van der Waals surface area contributed by atoms with Crippen LogP contribution in [0.5, 0.6) is 0 Å². The first-order chi connectivity index (χ1) is 9.84. The number of carbonyl (C=O) groups excluding carboxylic acids is 1. The van der Waals surface area contributed by atoms with Gasteiger partial charge in [-0.05, 0) is 12.3 Å². The topological polar surface area (TPSA) is 89.3 Å². The van der Waals surface area contributed by atoms with Crippen molar-refractivity contribution in [3.8, 4) is 0 Å². The summed E-state index contributed by atoms with van der Waals surface area (Å²) in [6.07, 6.45) is 2.58. The lowest BCUT2D eigenvalue weighted by Crippen LogP contribution is -2.25. The maximum Gasteiger partial charge on any atom is 0.220 e. The Kier molecular flexibility index (Phi) is 4.82. The monoisotopic (exact) mass is 312 g/mol. The first kappa shape index (κ1) is 15.8. The van der Waals surface area contributed by atoms with E-state index in [1.807, 2.05) is 6.07 Å². The van der Waals surface area contributed by atoms with Gasteiger partial charge in [-0.2, -0.15) is 0 Å². The highest BCUT2D eigenvalue weighted by Gasteiger charge is 2.23. The smallest absolute Gasteiger partial charge is 0.220 e. The molecule has 0 fully saturated rings. The number of carbonyl (C=O) groups is 1. The molecule has 0 saturated carbocycles. The van der Waals surface area contributed by atoms with Gasteiger partial charge in [0, 0.05) is 23.8 Å². The number of rotatable bonds is 6. The molecule has 7 heteroatoms. The number of allylic oxidation sites excluding steroid dienone is 1. The van der Waals surface area contributed by atoms with Crippen molar-refractivity contribution < 1.29 is 17.7 Å². The SMILES string of the molecule is CC(C)Cc1cc(CNC(=O)C[C@H]2C=CS(=O)(=O)C2)on1. The van der Waals surface area contributed by atoms with Crippen LogP contribution in [-0.2, 0) is 27.6 Å². The van der Waals surface area contributed by atoms with Gasteiger partial charge in [0.05, 0.1) is 18.0 Å². The van der Waals surface area contributed by atoms with Crippen LogP contribution in [0.25, 0.3) is 0 Å².